The van der Waals surface area contributed by atoms with Gasteiger partial charge < -0.3 is 34.6 Å². The molecule has 9 rings (SSSR count). The molecule has 17 nitrogen and oxygen atoms in total. The SMILES string of the molecule is CNc1ccc(COC(=O)N(CCOC2C=C3C(C)(CC(C)C)CC3(Cn3ncc(-c4ccc(-c5ccc6c(c5)N(C(=O)Nc5nc7ccccc7s5)CCC6)nc4C(=O)O)c3C)C2)CCP(=O)(O)O)cc1. The number of nitrogens with zero attached hydrogens (tertiary/aromatic N) is 6. The molecule has 378 valence electrons. The number of amides is 3. The molecule has 1 fully saturated rings. The lowest BCUT2D eigenvalue weighted by molar-refractivity contribution is 0.00298. The maximum Gasteiger partial charge on any atom is 0.410 e. The molecule has 2 aliphatic carbocycles. The first-order valence-electron chi connectivity index (χ1n) is 24.3. The number of carbonyl (C=O) groups excluding carboxylic acids is 2. The van der Waals surface area contributed by atoms with Crippen LogP contribution in [0.15, 0.2) is 96.7 Å². The van der Waals surface area contributed by atoms with Crippen molar-refractivity contribution in [3.63, 3.8) is 0 Å². The second-order valence-corrected chi connectivity index (χ2v) is 22.7. The number of thiazole rings is 1. The number of aromatic carboxylic acids is 1. The third kappa shape index (κ3) is 10.8. The third-order valence-corrected chi connectivity index (χ3v) is 15.9. The number of ether oxygens (including phenoxy) is 2. The van der Waals surface area contributed by atoms with E-state index < -0.39 is 25.8 Å². The van der Waals surface area contributed by atoms with Crippen molar-refractivity contribution in [2.45, 2.75) is 79.1 Å². The van der Waals surface area contributed by atoms with Crippen LogP contribution in [0.3, 0.4) is 0 Å². The van der Waals surface area contributed by atoms with Crippen molar-refractivity contribution in [1.82, 2.24) is 24.6 Å². The average molecular weight is 1020 g/mol. The fourth-order valence-electron chi connectivity index (χ4n) is 11.1. The quantitative estimate of drug-likeness (QED) is 0.0400. The zero-order chi connectivity index (χ0) is 51.0. The Bertz CT molecular complexity index is 3060. The van der Waals surface area contributed by atoms with Crippen molar-refractivity contribution in [2.75, 3.05) is 55.0 Å². The second kappa shape index (κ2) is 20.6. The Hall–Kier alpha value is -6.43. The topological polar surface area (TPSA) is 222 Å². The number of fused-ring (bicyclic) bond motifs is 3. The molecule has 0 spiro atoms. The molecular weight excluding hydrogens is 956 g/mol. The number of pyridine rings is 1. The molecule has 3 unspecified atom stereocenters. The molecule has 1 aliphatic heterocycles. The highest BCUT2D eigenvalue weighted by molar-refractivity contribution is 7.51. The van der Waals surface area contributed by atoms with Crippen molar-refractivity contribution in [2.24, 2.45) is 16.7 Å². The van der Waals surface area contributed by atoms with Gasteiger partial charge in [0, 0.05) is 65.9 Å². The lowest BCUT2D eigenvalue weighted by Crippen LogP contribution is -2.49. The number of rotatable bonds is 18. The number of aryl methyl sites for hydroxylation is 1. The fourth-order valence-corrected chi connectivity index (χ4v) is 12.5. The van der Waals surface area contributed by atoms with Gasteiger partial charge in [-0.1, -0.05) is 80.2 Å². The summed E-state index contributed by atoms with van der Waals surface area (Å²) in [5.74, 6) is -0.730. The second-order valence-electron chi connectivity index (χ2n) is 19.9. The molecule has 4 heterocycles. The summed E-state index contributed by atoms with van der Waals surface area (Å²) in [5.41, 5.74) is 8.13. The van der Waals surface area contributed by atoms with E-state index in [-0.39, 0.29) is 55.0 Å². The predicted octanol–water partition coefficient (Wildman–Crippen LogP) is 10.2. The Morgan fingerprint density at radius 1 is 1.01 bits per heavy atom. The van der Waals surface area contributed by atoms with E-state index in [2.05, 4.69) is 42.5 Å². The summed E-state index contributed by atoms with van der Waals surface area (Å²) in [6.07, 6.45) is 6.57. The molecule has 3 amide bonds. The van der Waals surface area contributed by atoms with Crippen molar-refractivity contribution < 1.29 is 43.3 Å². The number of allylic oxidation sites excluding steroid dienone is 1. The van der Waals surface area contributed by atoms with E-state index in [0.717, 1.165) is 64.1 Å². The first kappa shape index (κ1) is 50.5. The predicted molar refractivity (Wildman–Crippen MR) is 279 cm³/mol. The number of carboxylic acid groups (broad SMARTS) is 1. The highest BCUT2D eigenvalue weighted by Gasteiger charge is 2.60. The molecular formula is C53H61N8O9PS. The van der Waals surface area contributed by atoms with Crippen molar-refractivity contribution in [3.8, 4) is 22.4 Å². The first-order valence-corrected chi connectivity index (χ1v) is 26.9. The molecule has 72 heavy (non-hydrogen) atoms. The highest BCUT2D eigenvalue weighted by atomic mass is 32.1. The number of aromatic nitrogens is 4. The van der Waals surface area contributed by atoms with Gasteiger partial charge in [0.1, 0.15) is 6.61 Å². The minimum atomic E-state index is -4.40. The van der Waals surface area contributed by atoms with E-state index in [1.807, 2.05) is 91.4 Å². The Kier molecular flexibility index (Phi) is 14.4. The van der Waals surface area contributed by atoms with Crippen LogP contribution in [0.5, 0.6) is 0 Å². The van der Waals surface area contributed by atoms with Crippen molar-refractivity contribution >= 4 is 63.7 Å². The smallest absolute Gasteiger partial charge is 0.410 e. The zero-order valence-corrected chi connectivity index (χ0v) is 42.8. The van der Waals surface area contributed by atoms with Crippen LogP contribution < -0.4 is 15.5 Å². The maximum atomic E-state index is 13.7. The largest absolute Gasteiger partial charge is 0.476 e. The Morgan fingerprint density at radius 3 is 2.54 bits per heavy atom. The molecule has 0 radical (unpaired) electrons. The number of benzene rings is 3. The van der Waals surface area contributed by atoms with Crippen LogP contribution in [0.2, 0.25) is 0 Å². The van der Waals surface area contributed by atoms with Crippen LogP contribution in [-0.2, 0) is 33.6 Å². The average Bonchev–Trinajstić information content (AvgIpc) is 4.02. The van der Waals surface area contributed by atoms with Gasteiger partial charge in [-0.05, 0) is 104 Å². The number of anilines is 3. The lowest BCUT2D eigenvalue weighted by Gasteiger charge is -2.56. The molecule has 3 aliphatic rings. The minimum absolute atomic E-state index is 0.000233. The third-order valence-electron chi connectivity index (χ3n) is 14.2. The van der Waals surface area contributed by atoms with E-state index >= 15 is 0 Å². The van der Waals surface area contributed by atoms with Crippen molar-refractivity contribution in [1.29, 1.82) is 0 Å². The van der Waals surface area contributed by atoms with Crippen molar-refractivity contribution in [3.05, 3.63) is 119 Å². The van der Waals surface area contributed by atoms with E-state index in [9.17, 15) is 33.8 Å². The van der Waals surface area contributed by atoms with E-state index in [0.29, 0.717) is 52.9 Å². The minimum Gasteiger partial charge on any atom is -0.476 e. The van der Waals surface area contributed by atoms with Gasteiger partial charge in [0.2, 0.25) is 0 Å². The molecule has 19 heteroatoms. The number of urea groups is 1. The molecule has 3 atom stereocenters. The number of nitrogens with one attached hydrogen (secondary N) is 2. The highest BCUT2D eigenvalue weighted by Crippen LogP contribution is 2.67. The van der Waals surface area contributed by atoms with E-state index in [4.69, 9.17) is 19.6 Å². The van der Waals surface area contributed by atoms with Gasteiger partial charge in [-0.2, -0.15) is 5.10 Å². The summed E-state index contributed by atoms with van der Waals surface area (Å²) in [7, 11) is -2.59. The Balaban J connectivity index is 0.899. The summed E-state index contributed by atoms with van der Waals surface area (Å²) in [6, 6.07) is 24.2. The van der Waals surface area contributed by atoms with Gasteiger partial charge in [0.05, 0.1) is 47.5 Å². The fraction of sp³-hybridized carbons (Fsp3) is 0.396. The summed E-state index contributed by atoms with van der Waals surface area (Å²) < 4.78 is 26.8. The van der Waals surface area contributed by atoms with Gasteiger partial charge in [-0.3, -0.25) is 19.5 Å². The summed E-state index contributed by atoms with van der Waals surface area (Å²) in [6.45, 7) is 9.71. The van der Waals surface area contributed by atoms with Gasteiger partial charge in [0.15, 0.2) is 10.8 Å². The monoisotopic (exact) mass is 1020 g/mol. The number of para-hydroxylation sites is 1. The summed E-state index contributed by atoms with van der Waals surface area (Å²) in [5, 5.41) is 22.0. The lowest BCUT2D eigenvalue weighted by atomic mass is 9.48. The molecule has 3 aromatic carbocycles. The molecule has 5 N–H and O–H groups in total. The van der Waals surface area contributed by atoms with E-state index in [1.54, 1.807) is 17.2 Å². The normalized spacial score (nSPS) is 19.4. The molecule has 0 saturated heterocycles. The number of carbonyl (C=O) groups is 3. The number of hydrogen-bond acceptors (Lipinski definition) is 11. The number of hydrogen-bond donors (Lipinski definition) is 5. The summed E-state index contributed by atoms with van der Waals surface area (Å²) in [4.78, 5) is 71.6. The van der Waals surface area contributed by atoms with Gasteiger partial charge in [-0.25, -0.2) is 24.4 Å². The molecule has 1 saturated carbocycles. The van der Waals surface area contributed by atoms with Gasteiger partial charge >= 0.3 is 25.7 Å². The maximum absolute atomic E-state index is 13.7. The molecule has 6 aromatic rings. The molecule has 0 bridgehead atoms. The Labute approximate surface area is 422 Å². The van der Waals surface area contributed by atoms with Gasteiger partial charge in [-0.15, -0.1) is 0 Å². The first-order chi connectivity index (χ1) is 34.4. The van der Waals surface area contributed by atoms with Crippen LogP contribution in [0, 0.1) is 23.7 Å². The standard InChI is InChI=1S/C53H61N8O9PS/c1-33(2)27-52(4)31-53(28-39(26-46(52)53)69-23-21-59(22-24-71(66,67)68)51(65)70-30-35-12-16-38(54-5)17-13-35)32-61-34(3)41(29-55-61)40-18-19-42(56-47(40)48(62)63)37-15-14-36-9-8-20-60(44(36)25-37)50(64)58-49-57-43-10-6-7-11-45(43)72-49/h6-7,10-19,25-26,29,33,39,54H,8-9,20-24,27-28,30-32H2,1-5H3,(H,62,63)(H,57,58,64)(H2,66,67,68). The Morgan fingerprint density at radius 2 is 1.81 bits per heavy atom. The van der Waals surface area contributed by atoms with Crippen LogP contribution in [0.25, 0.3) is 32.6 Å². The van der Waals surface area contributed by atoms with Crippen LogP contribution in [-0.4, -0.2) is 103 Å². The number of carboxylic acids is 1. The van der Waals surface area contributed by atoms with Crippen LogP contribution in [0.1, 0.15) is 73.8 Å². The van der Waals surface area contributed by atoms with Gasteiger partial charge in [0.25, 0.3) is 0 Å². The van der Waals surface area contributed by atoms with E-state index in [1.165, 1.54) is 21.8 Å². The summed E-state index contributed by atoms with van der Waals surface area (Å²) >= 11 is 1.42. The van der Waals surface area contributed by atoms with Crippen LogP contribution >= 0.6 is 18.9 Å². The zero-order valence-electron chi connectivity index (χ0n) is 41.1. The van der Waals surface area contributed by atoms with Crippen LogP contribution in [0.4, 0.5) is 26.1 Å². The molecule has 3 aromatic heterocycles.